The van der Waals surface area contributed by atoms with E-state index in [4.69, 9.17) is 0 Å². The van der Waals surface area contributed by atoms with Gasteiger partial charge in [-0.1, -0.05) is 30.3 Å². The van der Waals surface area contributed by atoms with Gasteiger partial charge in [-0.3, -0.25) is 4.79 Å². The van der Waals surface area contributed by atoms with Crippen LogP contribution in [0.15, 0.2) is 59.7 Å². The lowest BCUT2D eigenvalue weighted by atomic mass is 10.1. The number of ether oxygens (including phenoxy) is 1. The molecule has 0 aromatic heterocycles. The van der Waals surface area contributed by atoms with E-state index in [9.17, 15) is 13.6 Å². The average molecular weight is 304 g/mol. The molecule has 114 valence electrons. The molecule has 0 aliphatic heterocycles. The van der Waals surface area contributed by atoms with Gasteiger partial charge in [0.1, 0.15) is 5.75 Å². The first-order valence-electron chi connectivity index (χ1n) is 6.54. The fraction of sp³-hybridized carbons (Fsp3) is 0.125. The molecule has 6 heteroatoms. The smallest absolute Gasteiger partial charge is 0.387 e. The number of nitrogens with one attached hydrogen (secondary N) is 1. The molecule has 0 unspecified atom stereocenters. The van der Waals surface area contributed by atoms with Crippen molar-refractivity contribution in [2.75, 3.05) is 0 Å². The highest BCUT2D eigenvalue weighted by Crippen LogP contribution is 2.13. The Morgan fingerprint density at radius 3 is 2.45 bits per heavy atom. The number of hydrazone groups is 1. The summed E-state index contributed by atoms with van der Waals surface area (Å²) in [5.74, 6) is -0.166. The number of carbonyl (C=O) groups excluding carboxylic acids is 1. The number of alkyl halides is 2. The average Bonchev–Trinajstić information content (AvgIpc) is 2.49. The fourth-order valence-corrected chi connectivity index (χ4v) is 1.73. The zero-order valence-electron chi connectivity index (χ0n) is 11.6. The van der Waals surface area contributed by atoms with Crippen LogP contribution in [0.3, 0.4) is 0 Å². The second-order valence-electron chi connectivity index (χ2n) is 4.40. The predicted octanol–water partition coefficient (Wildman–Crippen LogP) is 2.98. The Labute approximate surface area is 126 Å². The van der Waals surface area contributed by atoms with Crippen molar-refractivity contribution in [3.05, 3.63) is 65.7 Å². The monoisotopic (exact) mass is 304 g/mol. The summed E-state index contributed by atoms with van der Waals surface area (Å²) < 4.78 is 28.2. The first kappa shape index (κ1) is 15.6. The van der Waals surface area contributed by atoms with Gasteiger partial charge in [-0.05, 0) is 35.4 Å². The number of amides is 1. The molecule has 0 atom stereocenters. The lowest BCUT2D eigenvalue weighted by Gasteiger charge is -2.03. The summed E-state index contributed by atoms with van der Waals surface area (Å²) in [5.41, 5.74) is 3.95. The van der Waals surface area contributed by atoms with E-state index in [1.165, 1.54) is 18.3 Å². The Bertz CT molecular complexity index is 628. The van der Waals surface area contributed by atoms with Crippen molar-refractivity contribution in [1.29, 1.82) is 0 Å². The lowest BCUT2D eigenvalue weighted by molar-refractivity contribution is -0.120. The summed E-state index contributed by atoms with van der Waals surface area (Å²) in [6.07, 6.45) is 1.66. The predicted molar refractivity (Wildman–Crippen MR) is 79.0 cm³/mol. The molecule has 0 saturated carbocycles. The second kappa shape index (κ2) is 7.87. The molecule has 2 aromatic rings. The van der Waals surface area contributed by atoms with Gasteiger partial charge in [-0.15, -0.1) is 0 Å². The topological polar surface area (TPSA) is 50.7 Å². The van der Waals surface area contributed by atoms with Gasteiger partial charge in [-0.2, -0.15) is 13.9 Å². The summed E-state index contributed by atoms with van der Waals surface area (Å²) in [7, 11) is 0. The maximum Gasteiger partial charge on any atom is 0.387 e. The van der Waals surface area contributed by atoms with E-state index in [1.807, 2.05) is 30.3 Å². The number of carbonyl (C=O) groups is 1. The van der Waals surface area contributed by atoms with Gasteiger partial charge in [-0.25, -0.2) is 5.43 Å². The molecule has 4 nitrogen and oxygen atoms in total. The van der Waals surface area contributed by atoms with Gasteiger partial charge in [0.2, 0.25) is 5.91 Å². The normalized spacial score (nSPS) is 10.9. The molecule has 0 radical (unpaired) electrons. The van der Waals surface area contributed by atoms with Crippen LogP contribution in [0.4, 0.5) is 8.78 Å². The minimum Gasteiger partial charge on any atom is -0.435 e. The summed E-state index contributed by atoms with van der Waals surface area (Å²) in [6, 6.07) is 15.2. The summed E-state index contributed by atoms with van der Waals surface area (Å²) >= 11 is 0. The number of hydrogen-bond donors (Lipinski definition) is 1. The Balaban J connectivity index is 1.83. The van der Waals surface area contributed by atoms with Crippen LogP contribution in [0, 0.1) is 0 Å². The summed E-state index contributed by atoms with van der Waals surface area (Å²) in [5, 5.41) is 3.81. The molecule has 0 spiro atoms. The molecule has 0 aliphatic carbocycles. The van der Waals surface area contributed by atoms with Crippen molar-refractivity contribution in [2.24, 2.45) is 5.10 Å². The van der Waals surface area contributed by atoms with Crippen molar-refractivity contribution in [3.8, 4) is 5.75 Å². The number of benzene rings is 2. The Morgan fingerprint density at radius 1 is 1.14 bits per heavy atom. The van der Waals surface area contributed by atoms with E-state index in [1.54, 1.807) is 12.1 Å². The number of hydrogen-bond acceptors (Lipinski definition) is 3. The van der Waals surface area contributed by atoms with Gasteiger partial charge >= 0.3 is 6.61 Å². The highest BCUT2D eigenvalue weighted by Gasteiger charge is 2.03. The number of rotatable bonds is 6. The van der Waals surface area contributed by atoms with Crippen molar-refractivity contribution in [2.45, 2.75) is 13.0 Å². The zero-order chi connectivity index (χ0) is 15.8. The largest absolute Gasteiger partial charge is 0.435 e. The first-order valence-corrected chi connectivity index (χ1v) is 6.54. The third kappa shape index (κ3) is 5.32. The molecule has 0 saturated heterocycles. The Kier molecular flexibility index (Phi) is 5.59. The molecule has 2 rings (SSSR count). The molecular weight excluding hydrogens is 290 g/mol. The van der Waals surface area contributed by atoms with Crippen LogP contribution < -0.4 is 10.2 Å². The van der Waals surface area contributed by atoms with Gasteiger partial charge in [0, 0.05) is 0 Å². The molecule has 1 N–H and O–H groups in total. The fourth-order valence-electron chi connectivity index (χ4n) is 1.73. The minimum atomic E-state index is -2.85. The summed E-state index contributed by atoms with van der Waals surface area (Å²) in [4.78, 5) is 11.6. The minimum absolute atomic E-state index is 0.0697. The van der Waals surface area contributed by atoms with Crippen LogP contribution >= 0.6 is 0 Å². The maximum atomic E-state index is 12.0. The Hall–Kier alpha value is -2.76. The van der Waals surface area contributed by atoms with E-state index >= 15 is 0 Å². The molecule has 22 heavy (non-hydrogen) atoms. The van der Waals surface area contributed by atoms with Crippen molar-refractivity contribution in [3.63, 3.8) is 0 Å². The molecule has 2 aromatic carbocycles. The van der Waals surface area contributed by atoms with E-state index in [0.717, 1.165) is 5.56 Å². The van der Waals surface area contributed by atoms with Crippen LogP contribution in [0.5, 0.6) is 5.75 Å². The summed E-state index contributed by atoms with van der Waals surface area (Å²) in [6.45, 7) is -2.85. The second-order valence-corrected chi connectivity index (χ2v) is 4.40. The zero-order valence-corrected chi connectivity index (χ0v) is 11.6. The molecular formula is C16H14F2N2O2. The molecule has 1 amide bonds. The van der Waals surface area contributed by atoms with E-state index in [2.05, 4.69) is 15.3 Å². The lowest BCUT2D eigenvalue weighted by Crippen LogP contribution is -2.19. The van der Waals surface area contributed by atoms with Crippen molar-refractivity contribution < 1.29 is 18.3 Å². The van der Waals surface area contributed by atoms with Crippen molar-refractivity contribution in [1.82, 2.24) is 5.43 Å². The van der Waals surface area contributed by atoms with Crippen LogP contribution in [0.1, 0.15) is 11.1 Å². The molecule has 0 bridgehead atoms. The third-order valence-corrected chi connectivity index (χ3v) is 2.72. The van der Waals surface area contributed by atoms with E-state index < -0.39 is 6.61 Å². The highest BCUT2D eigenvalue weighted by atomic mass is 19.3. The van der Waals surface area contributed by atoms with Gasteiger partial charge < -0.3 is 4.74 Å². The quantitative estimate of drug-likeness (QED) is 0.659. The van der Waals surface area contributed by atoms with Crippen LogP contribution in [-0.4, -0.2) is 18.7 Å². The van der Waals surface area contributed by atoms with Gasteiger partial charge in [0.05, 0.1) is 12.6 Å². The number of halogens is 2. The maximum absolute atomic E-state index is 12.0. The number of nitrogens with zero attached hydrogens (tertiary/aromatic N) is 1. The van der Waals surface area contributed by atoms with Gasteiger partial charge in [0.25, 0.3) is 0 Å². The van der Waals surface area contributed by atoms with E-state index in [-0.39, 0.29) is 18.1 Å². The molecule has 0 fully saturated rings. The standard InChI is InChI=1S/C16H14F2N2O2/c17-16(18)22-14-8-6-13(7-9-14)11-19-20-15(21)10-12-4-2-1-3-5-12/h1-9,11,16H,10H2,(H,20,21)/b19-11-. The highest BCUT2D eigenvalue weighted by molar-refractivity contribution is 5.83. The molecule has 0 aliphatic rings. The van der Waals surface area contributed by atoms with Crippen LogP contribution in [-0.2, 0) is 11.2 Å². The van der Waals surface area contributed by atoms with Crippen LogP contribution in [0.2, 0.25) is 0 Å². The van der Waals surface area contributed by atoms with Crippen LogP contribution in [0.25, 0.3) is 0 Å². The molecule has 0 heterocycles. The van der Waals surface area contributed by atoms with Gasteiger partial charge in [0.15, 0.2) is 0 Å². The SMILES string of the molecule is O=C(Cc1ccccc1)N/N=C\c1ccc(OC(F)F)cc1. The third-order valence-electron chi connectivity index (χ3n) is 2.72. The van der Waals surface area contributed by atoms with E-state index in [0.29, 0.717) is 5.56 Å². The van der Waals surface area contributed by atoms with Crippen molar-refractivity contribution >= 4 is 12.1 Å². The Morgan fingerprint density at radius 2 is 1.82 bits per heavy atom. The first-order chi connectivity index (χ1) is 10.6.